The van der Waals surface area contributed by atoms with Gasteiger partial charge in [-0.3, -0.25) is 4.90 Å². The lowest BCUT2D eigenvalue weighted by Gasteiger charge is -2.31. The molecular weight excluding hydrogens is 434 g/mol. The molecule has 1 aromatic heterocycles. The van der Waals surface area contributed by atoms with Gasteiger partial charge in [-0.15, -0.1) is 5.10 Å². The standard InChI is InChI=1S/C16H19F3N4O.C2HF3O2/c17-14-1-2-15(18)16(19)13(14)10-22-6-3-12(4-7-22)23-9-11(5-8-24)20-21-23;3-2(4,5)1(6)7/h1-2,9,12,24H,3-8,10H2;(H,6,7). The Hall–Kier alpha value is -2.67. The third kappa shape index (κ3) is 6.92. The molecule has 0 saturated carbocycles. The number of carbonyl (C=O) groups is 1. The third-order valence-corrected chi connectivity index (χ3v) is 4.62. The van der Waals surface area contributed by atoms with Crippen LogP contribution in [0.25, 0.3) is 0 Å². The van der Waals surface area contributed by atoms with E-state index >= 15 is 0 Å². The number of hydrogen-bond acceptors (Lipinski definition) is 5. The first-order chi connectivity index (χ1) is 14.5. The summed E-state index contributed by atoms with van der Waals surface area (Å²) in [5, 5.41) is 24.1. The molecule has 1 fully saturated rings. The molecule has 2 aromatic rings. The fourth-order valence-electron chi connectivity index (χ4n) is 3.00. The summed E-state index contributed by atoms with van der Waals surface area (Å²) in [5.74, 6) is -5.61. The van der Waals surface area contributed by atoms with Crippen LogP contribution in [0.4, 0.5) is 26.3 Å². The Morgan fingerprint density at radius 3 is 2.26 bits per heavy atom. The van der Waals surface area contributed by atoms with Crippen molar-refractivity contribution in [1.82, 2.24) is 19.9 Å². The fourth-order valence-corrected chi connectivity index (χ4v) is 3.00. The average Bonchev–Trinajstić information content (AvgIpc) is 3.17. The van der Waals surface area contributed by atoms with Crippen molar-refractivity contribution in [3.05, 3.63) is 47.0 Å². The van der Waals surface area contributed by atoms with Crippen molar-refractivity contribution in [3.8, 4) is 0 Å². The highest BCUT2D eigenvalue weighted by molar-refractivity contribution is 5.73. The van der Waals surface area contributed by atoms with Gasteiger partial charge in [0, 0.05) is 44.4 Å². The summed E-state index contributed by atoms with van der Waals surface area (Å²) in [6, 6.07) is 1.93. The van der Waals surface area contributed by atoms with Gasteiger partial charge in [0.1, 0.15) is 5.82 Å². The van der Waals surface area contributed by atoms with Crippen LogP contribution < -0.4 is 0 Å². The number of piperidine rings is 1. The van der Waals surface area contributed by atoms with Crippen LogP contribution in [-0.2, 0) is 17.8 Å². The summed E-state index contributed by atoms with van der Waals surface area (Å²) in [6.45, 7) is 1.35. The van der Waals surface area contributed by atoms with Crippen LogP contribution >= 0.6 is 0 Å². The summed E-state index contributed by atoms with van der Waals surface area (Å²) in [7, 11) is 0. The molecule has 0 amide bonds. The van der Waals surface area contributed by atoms with Crippen molar-refractivity contribution in [3.63, 3.8) is 0 Å². The van der Waals surface area contributed by atoms with Gasteiger partial charge in [0.05, 0.1) is 11.7 Å². The number of aliphatic hydroxyl groups is 1. The highest BCUT2D eigenvalue weighted by Gasteiger charge is 2.38. The Balaban J connectivity index is 0.000000423. The Morgan fingerprint density at radius 2 is 1.71 bits per heavy atom. The lowest BCUT2D eigenvalue weighted by Crippen LogP contribution is -2.35. The lowest BCUT2D eigenvalue weighted by atomic mass is 10.0. The summed E-state index contributed by atoms with van der Waals surface area (Å²) >= 11 is 0. The van der Waals surface area contributed by atoms with Crippen LogP contribution in [0.2, 0.25) is 0 Å². The lowest BCUT2D eigenvalue weighted by molar-refractivity contribution is -0.192. The maximum absolute atomic E-state index is 13.7. The van der Waals surface area contributed by atoms with Gasteiger partial charge in [-0.25, -0.2) is 22.6 Å². The number of halogens is 6. The first kappa shape index (κ1) is 24.6. The largest absolute Gasteiger partial charge is 0.490 e. The van der Waals surface area contributed by atoms with Crippen molar-refractivity contribution in [2.24, 2.45) is 0 Å². The number of hydrogen-bond donors (Lipinski definition) is 2. The molecular formula is C18H20F6N4O3. The molecule has 7 nitrogen and oxygen atoms in total. The van der Waals surface area contributed by atoms with E-state index in [9.17, 15) is 26.3 Å². The Kier molecular flexibility index (Phi) is 8.39. The number of aromatic nitrogens is 3. The number of rotatable bonds is 5. The van der Waals surface area contributed by atoms with Gasteiger partial charge in [-0.05, 0) is 25.0 Å². The number of benzene rings is 1. The van der Waals surface area contributed by atoms with E-state index < -0.39 is 29.6 Å². The van der Waals surface area contributed by atoms with Crippen LogP contribution in [-0.4, -0.2) is 61.9 Å². The fraction of sp³-hybridized carbons (Fsp3) is 0.500. The van der Waals surface area contributed by atoms with Gasteiger partial charge < -0.3 is 10.2 Å². The van der Waals surface area contributed by atoms with E-state index in [-0.39, 0.29) is 24.8 Å². The number of aliphatic carboxylic acids is 1. The molecule has 1 aliphatic rings. The normalized spacial score (nSPS) is 15.5. The first-order valence-electron chi connectivity index (χ1n) is 9.19. The molecule has 0 bridgehead atoms. The molecule has 1 aliphatic heterocycles. The average molecular weight is 454 g/mol. The molecule has 0 unspecified atom stereocenters. The predicted octanol–water partition coefficient (Wildman–Crippen LogP) is 2.70. The first-order valence-corrected chi connectivity index (χ1v) is 9.19. The van der Waals surface area contributed by atoms with Crippen LogP contribution in [0.1, 0.15) is 30.1 Å². The van der Waals surface area contributed by atoms with Crippen molar-refractivity contribution < 1.29 is 41.4 Å². The second-order valence-electron chi connectivity index (χ2n) is 6.80. The number of nitrogens with zero attached hydrogens (tertiary/aromatic N) is 4. The van der Waals surface area contributed by atoms with Crippen LogP contribution in [0.5, 0.6) is 0 Å². The molecule has 2 N–H and O–H groups in total. The second-order valence-corrected chi connectivity index (χ2v) is 6.80. The molecule has 31 heavy (non-hydrogen) atoms. The van der Waals surface area contributed by atoms with Crippen LogP contribution in [0.15, 0.2) is 18.3 Å². The summed E-state index contributed by atoms with van der Waals surface area (Å²) in [6.07, 6.45) is -1.26. The van der Waals surface area contributed by atoms with E-state index in [2.05, 4.69) is 10.3 Å². The van der Waals surface area contributed by atoms with E-state index in [0.29, 0.717) is 19.5 Å². The molecule has 13 heteroatoms. The Morgan fingerprint density at radius 1 is 1.13 bits per heavy atom. The van der Waals surface area contributed by atoms with Gasteiger partial charge in [-0.2, -0.15) is 13.2 Å². The zero-order valence-electron chi connectivity index (χ0n) is 16.1. The minimum atomic E-state index is -5.08. The van der Waals surface area contributed by atoms with E-state index in [0.717, 1.165) is 30.7 Å². The quantitative estimate of drug-likeness (QED) is 0.533. The third-order valence-electron chi connectivity index (χ3n) is 4.62. The number of alkyl halides is 3. The van der Waals surface area contributed by atoms with Crippen molar-refractivity contribution in [1.29, 1.82) is 0 Å². The molecule has 0 atom stereocenters. The SMILES string of the molecule is O=C(O)C(F)(F)F.OCCc1cn(C2CCN(Cc3c(F)ccc(F)c3F)CC2)nn1. The van der Waals surface area contributed by atoms with E-state index in [1.54, 1.807) is 4.68 Å². The molecule has 0 spiro atoms. The van der Waals surface area contributed by atoms with Gasteiger partial charge in [0.25, 0.3) is 0 Å². The van der Waals surface area contributed by atoms with Crippen molar-refractivity contribution in [2.45, 2.75) is 38.0 Å². The molecule has 0 aliphatic carbocycles. The molecule has 3 rings (SSSR count). The minimum absolute atomic E-state index is 0.0297. The highest BCUT2D eigenvalue weighted by atomic mass is 19.4. The van der Waals surface area contributed by atoms with E-state index in [4.69, 9.17) is 15.0 Å². The Bertz CT molecular complexity index is 882. The molecule has 1 aromatic carbocycles. The van der Waals surface area contributed by atoms with E-state index in [1.807, 2.05) is 11.1 Å². The summed E-state index contributed by atoms with van der Waals surface area (Å²) in [4.78, 5) is 10.8. The number of aliphatic hydroxyl groups excluding tert-OH is 1. The topological polar surface area (TPSA) is 91.5 Å². The van der Waals surface area contributed by atoms with Gasteiger partial charge in [0.2, 0.25) is 0 Å². The minimum Gasteiger partial charge on any atom is -0.475 e. The molecule has 0 radical (unpaired) electrons. The van der Waals surface area contributed by atoms with Crippen molar-refractivity contribution in [2.75, 3.05) is 19.7 Å². The number of carboxylic acids is 1. The Labute approximate surface area is 172 Å². The summed E-state index contributed by atoms with van der Waals surface area (Å²) in [5.41, 5.74) is 0.517. The second kappa shape index (κ2) is 10.6. The predicted molar refractivity (Wildman–Crippen MR) is 94.4 cm³/mol. The smallest absolute Gasteiger partial charge is 0.475 e. The maximum Gasteiger partial charge on any atom is 0.490 e. The molecule has 172 valence electrons. The molecule has 1 saturated heterocycles. The zero-order valence-corrected chi connectivity index (χ0v) is 16.1. The molecule has 2 heterocycles. The summed E-state index contributed by atoms with van der Waals surface area (Å²) < 4.78 is 74.3. The number of likely N-dealkylation sites (tertiary alicyclic amines) is 1. The van der Waals surface area contributed by atoms with E-state index in [1.165, 1.54) is 0 Å². The monoisotopic (exact) mass is 454 g/mol. The number of carboxylic acid groups (broad SMARTS) is 1. The van der Waals surface area contributed by atoms with Crippen LogP contribution in [0.3, 0.4) is 0 Å². The maximum atomic E-state index is 13.7. The van der Waals surface area contributed by atoms with Crippen molar-refractivity contribution >= 4 is 5.97 Å². The zero-order chi connectivity index (χ0) is 23.2. The van der Waals surface area contributed by atoms with Crippen LogP contribution in [0, 0.1) is 17.5 Å². The van der Waals surface area contributed by atoms with Gasteiger partial charge in [0.15, 0.2) is 11.6 Å². The van der Waals surface area contributed by atoms with Gasteiger partial charge in [-0.1, -0.05) is 5.21 Å². The van der Waals surface area contributed by atoms with Gasteiger partial charge >= 0.3 is 12.1 Å². The highest BCUT2D eigenvalue weighted by Crippen LogP contribution is 2.25.